The Hall–Kier alpha value is -0.790. The van der Waals surface area contributed by atoms with E-state index >= 15 is 0 Å². The van der Waals surface area contributed by atoms with E-state index in [1.165, 1.54) is 38.5 Å². The van der Waals surface area contributed by atoms with Gasteiger partial charge in [-0.3, -0.25) is 4.79 Å². The van der Waals surface area contributed by atoms with Gasteiger partial charge in [-0.1, -0.05) is 58.1 Å². The van der Waals surface area contributed by atoms with E-state index in [0.717, 1.165) is 31.6 Å². The Bertz CT molecular complexity index is 233. The Labute approximate surface area is 119 Å². The van der Waals surface area contributed by atoms with Crippen molar-refractivity contribution in [1.82, 2.24) is 0 Å². The maximum absolute atomic E-state index is 10.3. The second-order valence-corrected chi connectivity index (χ2v) is 5.62. The summed E-state index contributed by atoms with van der Waals surface area (Å²) in [7, 11) is 0. The van der Waals surface area contributed by atoms with Crippen molar-refractivity contribution in [2.24, 2.45) is 5.92 Å². The third-order valence-corrected chi connectivity index (χ3v) is 3.69. The number of carbonyl (C=O) groups is 1. The van der Waals surface area contributed by atoms with Gasteiger partial charge in [0.2, 0.25) is 0 Å². The summed E-state index contributed by atoms with van der Waals surface area (Å²) in [5.41, 5.74) is 0. The number of hydrogen-bond acceptors (Lipinski definition) is 1. The fourth-order valence-corrected chi connectivity index (χ4v) is 2.09. The van der Waals surface area contributed by atoms with Crippen LogP contribution >= 0.6 is 0 Å². The topological polar surface area (TPSA) is 37.3 Å². The second-order valence-electron chi connectivity index (χ2n) is 5.62. The largest absolute Gasteiger partial charge is 0.481 e. The summed E-state index contributed by atoms with van der Waals surface area (Å²) >= 11 is 0. The second kappa shape index (κ2) is 13.6. The fourth-order valence-electron chi connectivity index (χ4n) is 2.09. The maximum atomic E-state index is 10.3. The van der Waals surface area contributed by atoms with Gasteiger partial charge in [0.1, 0.15) is 0 Å². The van der Waals surface area contributed by atoms with Crippen molar-refractivity contribution in [3.63, 3.8) is 0 Å². The average molecular weight is 268 g/mol. The van der Waals surface area contributed by atoms with Crippen LogP contribution in [-0.4, -0.2) is 11.1 Å². The van der Waals surface area contributed by atoms with Crippen LogP contribution in [0.25, 0.3) is 0 Å². The molecule has 0 heterocycles. The molecule has 0 aliphatic heterocycles. The van der Waals surface area contributed by atoms with Crippen molar-refractivity contribution in [1.29, 1.82) is 0 Å². The maximum Gasteiger partial charge on any atom is 0.303 e. The Morgan fingerprint density at radius 3 is 2.16 bits per heavy atom. The van der Waals surface area contributed by atoms with Crippen LogP contribution in [0.1, 0.15) is 84.5 Å². The monoisotopic (exact) mass is 268 g/mol. The SMILES string of the molecule is CC[C@@H](C)CCCC/C=C\CCCCCCC(=O)O. The van der Waals surface area contributed by atoms with Crippen molar-refractivity contribution in [3.8, 4) is 0 Å². The summed E-state index contributed by atoms with van der Waals surface area (Å²) in [5, 5.41) is 8.50. The Morgan fingerprint density at radius 2 is 1.58 bits per heavy atom. The number of unbranched alkanes of at least 4 members (excludes halogenated alkanes) is 6. The average Bonchev–Trinajstić information content (AvgIpc) is 2.39. The van der Waals surface area contributed by atoms with Gasteiger partial charge >= 0.3 is 5.97 Å². The quantitative estimate of drug-likeness (QED) is 0.350. The van der Waals surface area contributed by atoms with Gasteiger partial charge in [-0.25, -0.2) is 0 Å². The molecule has 0 rings (SSSR count). The van der Waals surface area contributed by atoms with E-state index in [9.17, 15) is 4.79 Å². The van der Waals surface area contributed by atoms with E-state index in [4.69, 9.17) is 5.11 Å². The molecule has 2 heteroatoms. The third-order valence-electron chi connectivity index (χ3n) is 3.69. The normalized spacial score (nSPS) is 12.9. The molecule has 0 fully saturated rings. The van der Waals surface area contributed by atoms with Gasteiger partial charge in [0.25, 0.3) is 0 Å². The van der Waals surface area contributed by atoms with Crippen molar-refractivity contribution in [2.75, 3.05) is 0 Å². The van der Waals surface area contributed by atoms with Gasteiger partial charge < -0.3 is 5.11 Å². The number of rotatable bonds is 13. The van der Waals surface area contributed by atoms with Crippen molar-refractivity contribution < 1.29 is 9.90 Å². The molecule has 0 amide bonds. The minimum atomic E-state index is -0.669. The van der Waals surface area contributed by atoms with Crippen LogP contribution in [0, 0.1) is 5.92 Å². The molecule has 0 aromatic rings. The molecule has 0 bridgehead atoms. The molecule has 0 aromatic carbocycles. The highest BCUT2D eigenvalue weighted by Crippen LogP contribution is 2.12. The summed E-state index contributed by atoms with van der Waals surface area (Å²) < 4.78 is 0. The molecule has 19 heavy (non-hydrogen) atoms. The number of aliphatic carboxylic acids is 1. The summed E-state index contributed by atoms with van der Waals surface area (Å²) in [6.45, 7) is 4.60. The van der Waals surface area contributed by atoms with Crippen molar-refractivity contribution in [3.05, 3.63) is 12.2 Å². The minimum Gasteiger partial charge on any atom is -0.481 e. The molecule has 0 aromatic heterocycles. The predicted octanol–water partition coefficient (Wildman–Crippen LogP) is 5.57. The molecule has 112 valence electrons. The van der Waals surface area contributed by atoms with Gasteiger partial charge in [-0.15, -0.1) is 0 Å². The third kappa shape index (κ3) is 15.2. The lowest BCUT2D eigenvalue weighted by Gasteiger charge is -2.06. The highest BCUT2D eigenvalue weighted by molar-refractivity contribution is 5.66. The van der Waals surface area contributed by atoms with Gasteiger partial charge in [-0.2, -0.15) is 0 Å². The molecule has 0 aliphatic rings. The summed E-state index contributed by atoms with van der Waals surface area (Å²) in [6, 6.07) is 0. The van der Waals surface area contributed by atoms with Crippen molar-refractivity contribution in [2.45, 2.75) is 84.5 Å². The zero-order valence-electron chi connectivity index (χ0n) is 12.9. The van der Waals surface area contributed by atoms with Gasteiger partial charge in [0, 0.05) is 6.42 Å². The lowest BCUT2D eigenvalue weighted by Crippen LogP contribution is -1.93. The molecule has 0 radical (unpaired) electrons. The number of allylic oxidation sites excluding steroid dienone is 2. The molecular formula is C17H32O2. The lowest BCUT2D eigenvalue weighted by atomic mass is 10.0. The predicted molar refractivity (Wildman–Crippen MR) is 82.4 cm³/mol. The zero-order valence-corrected chi connectivity index (χ0v) is 12.9. The Balaban J connectivity index is 3.15. The van der Waals surface area contributed by atoms with Crippen LogP contribution < -0.4 is 0 Å². The molecule has 1 N–H and O–H groups in total. The van der Waals surface area contributed by atoms with Crippen LogP contribution in [0.4, 0.5) is 0 Å². The first-order valence-corrected chi connectivity index (χ1v) is 8.03. The summed E-state index contributed by atoms with van der Waals surface area (Å²) in [5.74, 6) is 0.215. The van der Waals surface area contributed by atoms with Crippen LogP contribution in [0.2, 0.25) is 0 Å². The molecule has 0 saturated carbocycles. The minimum absolute atomic E-state index is 0.325. The van der Waals surface area contributed by atoms with E-state index in [-0.39, 0.29) is 0 Å². The Morgan fingerprint density at radius 1 is 1.00 bits per heavy atom. The van der Waals surface area contributed by atoms with E-state index in [1.807, 2.05) is 0 Å². The fraction of sp³-hybridized carbons (Fsp3) is 0.824. The first kappa shape index (κ1) is 18.2. The molecule has 2 nitrogen and oxygen atoms in total. The van der Waals surface area contributed by atoms with Gasteiger partial charge in [-0.05, 0) is 38.0 Å². The summed E-state index contributed by atoms with van der Waals surface area (Å²) in [4.78, 5) is 10.3. The first-order chi connectivity index (χ1) is 9.16. The number of carboxylic acids is 1. The zero-order chi connectivity index (χ0) is 14.3. The molecule has 0 unspecified atom stereocenters. The van der Waals surface area contributed by atoms with E-state index < -0.39 is 5.97 Å². The first-order valence-electron chi connectivity index (χ1n) is 8.03. The van der Waals surface area contributed by atoms with Crippen molar-refractivity contribution >= 4 is 5.97 Å². The van der Waals surface area contributed by atoms with Crippen LogP contribution in [0.15, 0.2) is 12.2 Å². The van der Waals surface area contributed by atoms with Crippen LogP contribution in [-0.2, 0) is 4.79 Å². The van der Waals surface area contributed by atoms with Crippen LogP contribution in [0.5, 0.6) is 0 Å². The number of hydrogen-bond donors (Lipinski definition) is 1. The van der Waals surface area contributed by atoms with E-state index in [2.05, 4.69) is 26.0 Å². The van der Waals surface area contributed by atoms with E-state index in [1.54, 1.807) is 0 Å². The smallest absolute Gasteiger partial charge is 0.303 e. The molecule has 1 atom stereocenters. The van der Waals surface area contributed by atoms with Gasteiger partial charge in [0.15, 0.2) is 0 Å². The number of carboxylic acid groups (broad SMARTS) is 1. The van der Waals surface area contributed by atoms with Gasteiger partial charge in [0.05, 0.1) is 0 Å². The lowest BCUT2D eigenvalue weighted by molar-refractivity contribution is -0.137. The molecule has 0 spiro atoms. The molecule has 0 saturated heterocycles. The molecular weight excluding hydrogens is 236 g/mol. The highest BCUT2D eigenvalue weighted by atomic mass is 16.4. The van der Waals surface area contributed by atoms with Crippen LogP contribution in [0.3, 0.4) is 0 Å². The molecule has 0 aliphatic carbocycles. The Kier molecular flexibility index (Phi) is 13.1. The highest BCUT2D eigenvalue weighted by Gasteiger charge is 1.97. The standard InChI is InChI=1S/C17H32O2/c1-3-16(2)14-12-10-8-6-4-5-7-9-11-13-15-17(18)19/h4,6,16H,3,5,7-15H2,1-2H3,(H,18,19)/b6-4-/t16-/m1/s1. The summed E-state index contributed by atoms with van der Waals surface area (Å²) in [6.07, 6.45) is 16.9. The van der Waals surface area contributed by atoms with E-state index in [0.29, 0.717) is 6.42 Å².